The number of rotatable bonds is 1. The minimum Gasteiger partial charge on any atom is -0.181 e. The van der Waals surface area contributed by atoms with E-state index in [-0.39, 0.29) is 26.9 Å². The van der Waals surface area contributed by atoms with Crippen molar-refractivity contribution in [2.45, 2.75) is 6.18 Å². The fraction of sp³-hybridized carbons (Fsp3) is 0.0345. The number of alkyl halides is 3. The van der Waals surface area contributed by atoms with E-state index < -0.39 is 11.7 Å². The van der Waals surface area contributed by atoms with Crippen molar-refractivity contribution in [1.29, 1.82) is 5.26 Å². The number of benzene rings is 4. The third kappa shape index (κ3) is 2.87. The van der Waals surface area contributed by atoms with E-state index in [2.05, 4.69) is 15.0 Å². The molecule has 0 saturated carbocycles. The molecule has 0 radical (unpaired) electrons. The van der Waals surface area contributed by atoms with Crippen LogP contribution in [0.25, 0.3) is 59.2 Å². The van der Waals surface area contributed by atoms with Crippen LogP contribution in [0.1, 0.15) is 5.56 Å². The average Bonchev–Trinajstić information content (AvgIpc) is 3.37. The summed E-state index contributed by atoms with van der Waals surface area (Å²) in [6.45, 7) is 7.42. The van der Waals surface area contributed by atoms with Crippen LogP contribution in [0.15, 0.2) is 89.0 Å². The maximum atomic E-state index is 15.0. The number of hydrogen-bond acceptors (Lipinski definition) is 3. The maximum Gasteiger partial charge on any atom is 0.417 e. The summed E-state index contributed by atoms with van der Waals surface area (Å²) in [6.07, 6.45) is -3.07. The molecule has 0 aromatic heterocycles. The molecule has 6 rings (SSSR count). The molecule has 0 heterocycles. The first kappa shape index (κ1) is 21.5. The fourth-order valence-electron chi connectivity index (χ4n) is 5.34. The number of nitrogens with zero attached hydrogens (tertiary/aromatic N) is 4. The van der Waals surface area contributed by atoms with Crippen molar-refractivity contribution < 1.29 is 13.2 Å². The molecule has 0 bridgehead atoms. The summed E-state index contributed by atoms with van der Waals surface area (Å²) in [5, 5.41) is 15.9. The van der Waals surface area contributed by atoms with E-state index in [9.17, 15) is 5.26 Å². The van der Waals surface area contributed by atoms with Gasteiger partial charge in [-0.05, 0) is 16.3 Å². The molecule has 0 amide bonds. The van der Waals surface area contributed by atoms with E-state index in [0.29, 0.717) is 38.1 Å². The second kappa shape index (κ2) is 7.76. The summed E-state index contributed by atoms with van der Waals surface area (Å²) < 4.78 is 45.1. The van der Waals surface area contributed by atoms with Gasteiger partial charge in [0.15, 0.2) is 5.36 Å². The molecule has 36 heavy (non-hydrogen) atoms. The average molecular weight is 474 g/mol. The summed E-state index contributed by atoms with van der Waals surface area (Å²) in [5.41, 5.74) is 0.333. The van der Waals surface area contributed by atoms with Gasteiger partial charge in [-0.25, -0.2) is 0 Å². The topological polar surface area (TPSA) is 52.9 Å². The highest BCUT2D eigenvalue weighted by Gasteiger charge is 2.39. The minimum absolute atomic E-state index is 0.0107. The van der Waals surface area contributed by atoms with Gasteiger partial charge in [-0.1, -0.05) is 78.9 Å². The van der Waals surface area contributed by atoms with E-state index in [1.54, 1.807) is 54.7 Å². The maximum absolute atomic E-state index is 15.0. The van der Waals surface area contributed by atoms with E-state index in [0.717, 1.165) is 0 Å². The lowest BCUT2D eigenvalue weighted by Gasteiger charge is -2.15. The summed E-state index contributed by atoms with van der Waals surface area (Å²) in [7, 11) is 0. The number of hydrogen-bond donors (Lipinski definition) is 0. The molecule has 0 saturated heterocycles. The SMILES string of the molecule is [C-]#[N+]/N=c1/c2ccccc2c2c(C(F)(F)F)c3c(=NC#N)c4ccccc4c3c(-c3ccccc3)c12. The molecule has 0 atom stereocenters. The van der Waals surface area contributed by atoms with E-state index in [4.69, 9.17) is 6.57 Å². The van der Waals surface area contributed by atoms with Crippen molar-refractivity contribution in [1.82, 2.24) is 0 Å². The lowest BCUT2D eigenvalue weighted by atomic mass is 9.90. The molecule has 170 valence electrons. The van der Waals surface area contributed by atoms with E-state index in [1.807, 2.05) is 30.3 Å². The monoisotopic (exact) mass is 474 g/mol. The van der Waals surface area contributed by atoms with Crippen molar-refractivity contribution in [2.75, 3.05) is 0 Å². The van der Waals surface area contributed by atoms with Crippen molar-refractivity contribution in [3.8, 4) is 17.3 Å². The molecule has 4 nitrogen and oxygen atoms in total. The Kier molecular flexibility index (Phi) is 4.64. The van der Waals surface area contributed by atoms with Crippen LogP contribution >= 0.6 is 0 Å². The van der Waals surface area contributed by atoms with Gasteiger partial charge in [-0.3, -0.25) is 0 Å². The van der Waals surface area contributed by atoms with Gasteiger partial charge in [-0.15, -0.1) is 4.95 Å². The van der Waals surface area contributed by atoms with E-state index in [1.165, 1.54) is 0 Å². The lowest BCUT2D eigenvalue weighted by molar-refractivity contribution is -0.135. The van der Waals surface area contributed by atoms with Gasteiger partial charge in [0.05, 0.1) is 16.0 Å². The molecule has 0 N–H and O–H groups in total. The van der Waals surface area contributed by atoms with Crippen molar-refractivity contribution >= 4 is 43.1 Å². The van der Waals surface area contributed by atoms with Crippen LogP contribution < -0.4 is 10.7 Å². The predicted molar refractivity (Wildman–Crippen MR) is 133 cm³/mol. The van der Waals surface area contributed by atoms with Gasteiger partial charge < -0.3 is 0 Å². The van der Waals surface area contributed by atoms with Gasteiger partial charge in [0.2, 0.25) is 6.19 Å². The number of fused-ring (bicyclic) bond motifs is 6. The van der Waals surface area contributed by atoms with Gasteiger partial charge >= 0.3 is 6.18 Å². The Morgan fingerprint density at radius 2 is 1.25 bits per heavy atom. The second-order valence-electron chi connectivity index (χ2n) is 8.31. The highest BCUT2D eigenvalue weighted by atomic mass is 19.4. The fourth-order valence-corrected chi connectivity index (χ4v) is 5.34. The van der Waals surface area contributed by atoms with Crippen LogP contribution in [-0.2, 0) is 6.18 Å². The Morgan fingerprint density at radius 3 is 1.83 bits per heavy atom. The van der Waals surface area contributed by atoms with E-state index >= 15 is 13.2 Å². The summed E-state index contributed by atoms with van der Waals surface area (Å²) in [6, 6.07) is 22.6. The van der Waals surface area contributed by atoms with Crippen LogP contribution in [0.5, 0.6) is 0 Å². The molecule has 0 fully saturated rings. The molecule has 0 aliphatic carbocycles. The number of halogens is 3. The summed E-state index contributed by atoms with van der Waals surface area (Å²) in [4.78, 5) is 7.11. The van der Waals surface area contributed by atoms with Gasteiger partial charge in [0.25, 0.3) is 0 Å². The molecule has 0 unspecified atom stereocenters. The van der Waals surface area contributed by atoms with Crippen molar-refractivity contribution in [3.05, 3.63) is 107 Å². The Morgan fingerprint density at radius 1 is 0.694 bits per heavy atom. The largest absolute Gasteiger partial charge is 0.417 e. The molecule has 0 spiro atoms. The lowest BCUT2D eigenvalue weighted by Crippen LogP contribution is -2.12. The first-order chi connectivity index (χ1) is 17.5. The quantitative estimate of drug-likeness (QED) is 0.144. The molecule has 6 aromatic carbocycles. The minimum atomic E-state index is -4.78. The van der Waals surface area contributed by atoms with Crippen LogP contribution in [0.3, 0.4) is 0 Å². The Labute approximate surface area is 202 Å². The van der Waals surface area contributed by atoms with Crippen LogP contribution in [0, 0.1) is 18.0 Å². The normalized spacial score (nSPS) is 13.1. The number of nitriles is 1. The molecular formula is C29H13F3N4. The molecular weight excluding hydrogens is 461 g/mol. The van der Waals surface area contributed by atoms with Crippen LogP contribution in [0.4, 0.5) is 13.2 Å². The van der Waals surface area contributed by atoms with Crippen molar-refractivity contribution in [2.24, 2.45) is 10.1 Å². The molecule has 0 aliphatic rings. The molecule has 0 aliphatic heterocycles. The predicted octanol–water partition coefficient (Wildman–Crippen LogP) is 6.98. The second-order valence-corrected chi connectivity index (χ2v) is 8.31. The zero-order valence-electron chi connectivity index (χ0n) is 18.4. The highest BCUT2D eigenvalue weighted by molar-refractivity contribution is 6.30. The first-order valence-electron chi connectivity index (χ1n) is 11.0. The standard InChI is InChI=1S/C29H13F3N4/c1-34-36-28-20-14-8-6-12-18(20)23-24(28)21(16-9-3-2-4-10-16)22-17-11-5-7-13-19(17)27(35-15-33)25(22)26(23)29(30,31)32/h2-14H/b35-27?,36-28-. The zero-order valence-corrected chi connectivity index (χ0v) is 18.4. The third-order valence-electron chi connectivity index (χ3n) is 6.53. The van der Waals surface area contributed by atoms with Gasteiger partial charge in [0.1, 0.15) is 0 Å². The van der Waals surface area contributed by atoms with Gasteiger partial charge in [0, 0.05) is 37.9 Å². The molecule has 6 aromatic rings. The Hall–Kier alpha value is -5.01. The van der Waals surface area contributed by atoms with Gasteiger partial charge in [-0.2, -0.15) is 30.0 Å². The summed E-state index contributed by atoms with van der Waals surface area (Å²) >= 11 is 0. The molecule has 7 heteroatoms. The third-order valence-corrected chi connectivity index (χ3v) is 6.53. The Balaban J connectivity index is 2.15. The van der Waals surface area contributed by atoms with Crippen LogP contribution in [-0.4, -0.2) is 0 Å². The van der Waals surface area contributed by atoms with Crippen LogP contribution in [0.2, 0.25) is 0 Å². The smallest absolute Gasteiger partial charge is 0.181 e. The highest BCUT2D eigenvalue weighted by Crippen LogP contribution is 2.48. The van der Waals surface area contributed by atoms with Crippen molar-refractivity contribution in [3.63, 3.8) is 0 Å². The zero-order chi connectivity index (χ0) is 25.0. The summed E-state index contributed by atoms with van der Waals surface area (Å²) in [5.74, 6) is 0. The Bertz CT molecular complexity index is 2040. The first-order valence-corrected chi connectivity index (χ1v) is 11.0.